The Morgan fingerprint density at radius 3 is 2.71 bits per heavy atom. The number of benzene rings is 1. The summed E-state index contributed by atoms with van der Waals surface area (Å²) >= 11 is 0. The number of hydrogen-bond donors (Lipinski definition) is 1. The summed E-state index contributed by atoms with van der Waals surface area (Å²) < 4.78 is 16.6. The molecule has 1 aromatic carbocycles. The fraction of sp³-hybridized carbons (Fsp3) is 0.538. The average Bonchev–Trinajstić information content (AvgIpc) is 2.32. The van der Waals surface area contributed by atoms with Crippen LogP contribution < -0.4 is 10.1 Å². The van der Waals surface area contributed by atoms with Crippen LogP contribution in [-0.4, -0.2) is 28.9 Å². The van der Waals surface area contributed by atoms with Crippen molar-refractivity contribution in [3.8, 4) is 5.75 Å². The van der Waals surface area contributed by atoms with E-state index in [1.165, 1.54) is 5.56 Å². The first kappa shape index (κ1) is 12.4. The maximum atomic E-state index is 11.3. The molecule has 4 heteroatoms. The van der Waals surface area contributed by atoms with Crippen LogP contribution in [0.25, 0.3) is 0 Å². The molecule has 0 aromatic heterocycles. The van der Waals surface area contributed by atoms with E-state index in [4.69, 9.17) is 4.74 Å². The summed E-state index contributed by atoms with van der Waals surface area (Å²) in [6.07, 6.45) is 1.95. The molecule has 1 heterocycles. The Balaban J connectivity index is 2.07. The molecule has 0 amide bonds. The first-order valence-corrected chi connectivity index (χ1v) is 7.44. The summed E-state index contributed by atoms with van der Waals surface area (Å²) in [4.78, 5) is 0. The molecule has 3 nitrogen and oxygen atoms in total. The van der Waals surface area contributed by atoms with Gasteiger partial charge in [-0.3, -0.25) is 4.21 Å². The molecule has 17 heavy (non-hydrogen) atoms. The van der Waals surface area contributed by atoms with Crippen molar-refractivity contribution in [2.24, 2.45) is 0 Å². The lowest BCUT2D eigenvalue weighted by Crippen LogP contribution is -2.29. The van der Waals surface area contributed by atoms with Crippen molar-refractivity contribution in [2.45, 2.75) is 25.8 Å². The van der Waals surface area contributed by atoms with Gasteiger partial charge in [0.1, 0.15) is 5.75 Å². The SMILES string of the molecule is COc1ccc(C)cc1NC1CCS(=O)CC1. The van der Waals surface area contributed by atoms with E-state index in [0.717, 1.165) is 35.8 Å². The van der Waals surface area contributed by atoms with Gasteiger partial charge in [0.25, 0.3) is 0 Å². The molecule has 1 aliphatic heterocycles. The number of rotatable bonds is 3. The molecule has 0 unspecified atom stereocenters. The first-order chi connectivity index (χ1) is 8.19. The third-order valence-corrected chi connectivity index (χ3v) is 4.48. The molecule has 1 N–H and O–H groups in total. The van der Waals surface area contributed by atoms with Crippen molar-refractivity contribution in [1.29, 1.82) is 0 Å². The van der Waals surface area contributed by atoms with Crippen LogP contribution >= 0.6 is 0 Å². The second-order valence-corrected chi connectivity index (χ2v) is 6.17. The van der Waals surface area contributed by atoms with Crippen LogP contribution in [0.2, 0.25) is 0 Å². The zero-order valence-corrected chi connectivity index (χ0v) is 11.2. The molecule has 1 saturated heterocycles. The maximum absolute atomic E-state index is 11.3. The minimum absolute atomic E-state index is 0.420. The van der Waals surface area contributed by atoms with Crippen molar-refractivity contribution in [3.63, 3.8) is 0 Å². The van der Waals surface area contributed by atoms with Gasteiger partial charge in [-0.1, -0.05) is 6.07 Å². The van der Waals surface area contributed by atoms with Crippen LogP contribution in [0.5, 0.6) is 5.75 Å². The first-order valence-electron chi connectivity index (χ1n) is 5.95. The highest BCUT2D eigenvalue weighted by atomic mass is 32.2. The lowest BCUT2D eigenvalue weighted by Gasteiger charge is -2.24. The molecule has 94 valence electrons. The summed E-state index contributed by atoms with van der Waals surface area (Å²) in [6, 6.07) is 6.55. The van der Waals surface area contributed by atoms with E-state index >= 15 is 0 Å². The second-order valence-electron chi connectivity index (χ2n) is 4.47. The molecule has 2 rings (SSSR count). The van der Waals surface area contributed by atoms with Gasteiger partial charge in [0.05, 0.1) is 12.8 Å². The van der Waals surface area contributed by atoms with E-state index in [-0.39, 0.29) is 0 Å². The van der Waals surface area contributed by atoms with Crippen LogP contribution in [0.4, 0.5) is 5.69 Å². The predicted octanol–water partition coefficient (Wildman–Crippen LogP) is 2.33. The number of hydrogen-bond acceptors (Lipinski definition) is 3. The maximum Gasteiger partial charge on any atom is 0.141 e. The van der Waals surface area contributed by atoms with Crippen LogP contribution in [0, 0.1) is 6.92 Å². The van der Waals surface area contributed by atoms with Gasteiger partial charge in [0.15, 0.2) is 0 Å². The molecule has 1 fully saturated rings. The van der Waals surface area contributed by atoms with Crippen molar-refractivity contribution in [2.75, 3.05) is 23.9 Å². The van der Waals surface area contributed by atoms with Crippen molar-refractivity contribution in [3.05, 3.63) is 23.8 Å². The van der Waals surface area contributed by atoms with Crippen LogP contribution in [0.3, 0.4) is 0 Å². The topological polar surface area (TPSA) is 38.3 Å². The van der Waals surface area contributed by atoms with Crippen LogP contribution in [0.1, 0.15) is 18.4 Å². The summed E-state index contributed by atoms with van der Waals surface area (Å²) in [5.74, 6) is 2.50. The predicted molar refractivity (Wildman–Crippen MR) is 72.3 cm³/mol. The van der Waals surface area contributed by atoms with E-state index in [2.05, 4.69) is 18.3 Å². The largest absolute Gasteiger partial charge is 0.495 e. The van der Waals surface area contributed by atoms with E-state index in [1.807, 2.05) is 12.1 Å². The monoisotopic (exact) mass is 253 g/mol. The fourth-order valence-electron chi connectivity index (χ4n) is 2.09. The van der Waals surface area contributed by atoms with Crippen molar-refractivity contribution >= 4 is 16.5 Å². The number of aryl methyl sites for hydroxylation is 1. The lowest BCUT2D eigenvalue weighted by molar-refractivity contribution is 0.415. The van der Waals surface area contributed by atoms with E-state index in [0.29, 0.717) is 6.04 Å². The van der Waals surface area contributed by atoms with Gasteiger partial charge in [-0.25, -0.2) is 0 Å². The third-order valence-electron chi connectivity index (χ3n) is 3.10. The Hall–Kier alpha value is -1.03. The molecular weight excluding hydrogens is 234 g/mol. The van der Waals surface area contributed by atoms with Gasteiger partial charge in [-0.15, -0.1) is 0 Å². The Kier molecular flexibility index (Phi) is 4.05. The summed E-state index contributed by atoms with van der Waals surface area (Å²) in [5, 5.41) is 3.50. The van der Waals surface area contributed by atoms with Gasteiger partial charge in [0, 0.05) is 28.3 Å². The highest BCUT2D eigenvalue weighted by Gasteiger charge is 2.18. The smallest absolute Gasteiger partial charge is 0.141 e. The summed E-state index contributed by atoms with van der Waals surface area (Å²) in [6.45, 7) is 2.07. The zero-order chi connectivity index (χ0) is 12.3. The van der Waals surface area contributed by atoms with Gasteiger partial charge in [-0.05, 0) is 37.5 Å². The highest BCUT2D eigenvalue weighted by Crippen LogP contribution is 2.27. The van der Waals surface area contributed by atoms with Gasteiger partial charge in [0.2, 0.25) is 0 Å². The highest BCUT2D eigenvalue weighted by molar-refractivity contribution is 7.85. The van der Waals surface area contributed by atoms with Gasteiger partial charge in [-0.2, -0.15) is 0 Å². The van der Waals surface area contributed by atoms with E-state index in [9.17, 15) is 4.21 Å². The van der Waals surface area contributed by atoms with Gasteiger partial charge >= 0.3 is 0 Å². The number of nitrogens with one attached hydrogen (secondary N) is 1. The molecule has 0 spiro atoms. The Labute approximate surface area is 105 Å². The molecule has 0 saturated carbocycles. The Morgan fingerprint density at radius 2 is 2.06 bits per heavy atom. The minimum atomic E-state index is -0.602. The Morgan fingerprint density at radius 1 is 1.35 bits per heavy atom. The average molecular weight is 253 g/mol. The summed E-state index contributed by atoms with van der Waals surface area (Å²) in [7, 11) is 1.08. The summed E-state index contributed by atoms with van der Waals surface area (Å²) in [5.41, 5.74) is 2.26. The Bertz CT molecular complexity index is 410. The van der Waals surface area contributed by atoms with E-state index in [1.54, 1.807) is 7.11 Å². The number of methoxy groups -OCH3 is 1. The quantitative estimate of drug-likeness (QED) is 0.898. The third kappa shape index (κ3) is 3.22. The normalized spacial score (nSPS) is 24.4. The zero-order valence-electron chi connectivity index (χ0n) is 10.4. The van der Waals surface area contributed by atoms with Crippen LogP contribution in [0.15, 0.2) is 18.2 Å². The molecule has 0 radical (unpaired) electrons. The number of ether oxygens (including phenoxy) is 1. The molecule has 0 atom stereocenters. The van der Waals surface area contributed by atoms with Gasteiger partial charge < -0.3 is 10.1 Å². The van der Waals surface area contributed by atoms with E-state index < -0.39 is 10.8 Å². The molecular formula is C13H19NO2S. The second kappa shape index (κ2) is 5.54. The standard InChI is InChI=1S/C13H19NO2S/c1-10-3-4-13(16-2)12(9-10)14-11-5-7-17(15)8-6-11/h3-4,9,11,14H,5-8H2,1-2H3. The van der Waals surface area contributed by atoms with Crippen LogP contribution in [-0.2, 0) is 10.8 Å². The number of anilines is 1. The minimum Gasteiger partial charge on any atom is -0.495 e. The lowest BCUT2D eigenvalue weighted by atomic mass is 10.1. The molecule has 0 bridgehead atoms. The molecule has 1 aliphatic rings. The fourth-order valence-corrected chi connectivity index (χ4v) is 3.39. The molecule has 0 aliphatic carbocycles. The van der Waals surface area contributed by atoms with Crippen molar-refractivity contribution in [1.82, 2.24) is 0 Å². The van der Waals surface area contributed by atoms with Crippen molar-refractivity contribution < 1.29 is 8.95 Å². The molecule has 1 aromatic rings.